The number of nitrogens with one attached hydrogen (secondary N) is 1. The van der Waals surface area contributed by atoms with Crippen molar-refractivity contribution in [2.24, 2.45) is 0 Å². The SMILES string of the molecule is CCC1CCCN1C(=O)c1cc(NC)c(F)cc1[N+](=O)[O-]. The molecule has 1 atom stereocenters. The number of nitrogens with zero attached hydrogens (tertiary/aromatic N) is 2. The summed E-state index contributed by atoms with van der Waals surface area (Å²) in [5, 5.41) is 13.7. The second-order valence-electron chi connectivity index (χ2n) is 5.06. The summed E-state index contributed by atoms with van der Waals surface area (Å²) in [6, 6.07) is 2.12. The van der Waals surface area contributed by atoms with Crippen LogP contribution in [-0.2, 0) is 0 Å². The van der Waals surface area contributed by atoms with E-state index in [1.807, 2.05) is 6.92 Å². The number of hydrogen-bond acceptors (Lipinski definition) is 4. The zero-order valence-corrected chi connectivity index (χ0v) is 12.1. The number of nitro benzene ring substituents is 1. The number of carbonyl (C=O) groups is 1. The zero-order chi connectivity index (χ0) is 15.6. The molecule has 0 aliphatic carbocycles. The number of halogens is 1. The Hall–Kier alpha value is -2.18. The first kappa shape index (κ1) is 15.2. The Morgan fingerprint density at radius 3 is 2.86 bits per heavy atom. The van der Waals surface area contributed by atoms with Gasteiger partial charge in [0.1, 0.15) is 5.56 Å². The Balaban J connectivity index is 2.46. The summed E-state index contributed by atoms with van der Waals surface area (Å²) in [5.74, 6) is -1.14. The first-order valence-electron chi connectivity index (χ1n) is 6.96. The molecule has 114 valence electrons. The van der Waals surface area contributed by atoms with Gasteiger partial charge in [-0.05, 0) is 25.3 Å². The minimum atomic E-state index is -0.741. The molecular weight excluding hydrogens is 277 g/mol. The van der Waals surface area contributed by atoms with Gasteiger partial charge in [-0.15, -0.1) is 0 Å². The lowest BCUT2D eigenvalue weighted by Crippen LogP contribution is -2.35. The van der Waals surface area contributed by atoms with Crippen molar-refractivity contribution in [2.75, 3.05) is 18.9 Å². The summed E-state index contributed by atoms with van der Waals surface area (Å²) in [7, 11) is 1.50. The molecule has 1 heterocycles. The molecule has 0 spiro atoms. The molecule has 1 N–H and O–H groups in total. The number of rotatable bonds is 4. The topological polar surface area (TPSA) is 75.5 Å². The second-order valence-corrected chi connectivity index (χ2v) is 5.06. The number of nitro groups is 1. The molecule has 1 saturated heterocycles. The van der Waals surface area contributed by atoms with Crippen LogP contribution >= 0.6 is 0 Å². The predicted molar refractivity (Wildman–Crippen MR) is 77.0 cm³/mol. The van der Waals surface area contributed by atoms with Crippen LogP contribution in [-0.4, -0.2) is 35.4 Å². The maximum atomic E-state index is 13.7. The van der Waals surface area contributed by atoms with Crippen LogP contribution in [0.2, 0.25) is 0 Å². The fraction of sp³-hybridized carbons (Fsp3) is 0.500. The van der Waals surface area contributed by atoms with E-state index in [0.29, 0.717) is 6.54 Å². The normalized spacial score (nSPS) is 17.9. The highest BCUT2D eigenvalue weighted by Crippen LogP contribution is 2.30. The van der Waals surface area contributed by atoms with Gasteiger partial charge in [0.05, 0.1) is 16.7 Å². The van der Waals surface area contributed by atoms with E-state index in [2.05, 4.69) is 5.32 Å². The van der Waals surface area contributed by atoms with Gasteiger partial charge in [-0.25, -0.2) is 4.39 Å². The van der Waals surface area contributed by atoms with E-state index in [0.717, 1.165) is 25.3 Å². The van der Waals surface area contributed by atoms with Gasteiger partial charge in [0, 0.05) is 19.6 Å². The molecule has 1 aliphatic heterocycles. The quantitative estimate of drug-likeness (QED) is 0.684. The van der Waals surface area contributed by atoms with Gasteiger partial charge in [-0.2, -0.15) is 0 Å². The monoisotopic (exact) mass is 295 g/mol. The average molecular weight is 295 g/mol. The van der Waals surface area contributed by atoms with E-state index in [4.69, 9.17) is 0 Å². The van der Waals surface area contributed by atoms with Gasteiger partial charge in [0.25, 0.3) is 11.6 Å². The third kappa shape index (κ3) is 2.81. The van der Waals surface area contributed by atoms with Gasteiger partial charge in [-0.3, -0.25) is 14.9 Å². The molecule has 0 saturated carbocycles. The maximum absolute atomic E-state index is 13.7. The maximum Gasteiger partial charge on any atom is 0.285 e. The summed E-state index contributed by atoms with van der Waals surface area (Å²) < 4.78 is 13.7. The van der Waals surface area contributed by atoms with Crippen LogP contribution in [0.5, 0.6) is 0 Å². The third-order valence-electron chi connectivity index (χ3n) is 3.89. The van der Waals surface area contributed by atoms with Gasteiger partial charge in [-0.1, -0.05) is 6.92 Å². The van der Waals surface area contributed by atoms with Gasteiger partial charge in [0.2, 0.25) is 0 Å². The summed E-state index contributed by atoms with van der Waals surface area (Å²) >= 11 is 0. The molecule has 1 aromatic carbocycles. The van der Waals surface area contributed by atoms with Crippen molar-refractivity contribution in [1.82, 2.24) is 4.90 Å². The fourth-order valence-corrected chi connectivity index (χ4v) is 2.76. The van der Waals surface area contributed by atoms with Crippen LogP contribution in [0.15, 0.2) is 12.1 Å². The minimum Gasteiger partial charge on any atom is -0.386 e. The van der Waals surface area contributed by atoms with E-state index < -0.39 is 22.3 Å². The second kappa shape index (κ2) is 6.07. The fourth-order valence-electron chi connectivity index (χ4n) is 2.76. The van der Waals surface area contributed by atoms with Crippen molar-refractivity contribution in [3.05, 3.63) is 33.6 Å². The molecule has 1 aromatic rings. The summed E-state index contributed by atoms with van der Waals surface area (Å²) in [6.45, 7) is 2.56. The van der Waals surface area contributed by atoms with E-state index in [-0.39, 0.29) is 17.3 Å². The van der Waals surface area contributed by atoms with Crippen molar-refractivity contribution in [1.29, 1.82) is 0 Å². The number of carbonyl (C=O) groups excluding carboxylic acids is 1. The largest absolute Gasteiger partial charge is 0.386 e. The molecule has 6 nitrogen and oxygen atoms in total. The Kier molecular flexibility index (Phi) is 4.40. The van der Waals surface area contributed by atoms with E-state index in [1.165, 1.54) is 13.1 Å². The van der Waals surface area contributed by atoms with Crippen LogP contribution in [0.25, 0.3) is 0 Å². The highest BCUT2D eigenvalue weighted by Gasteiger charge is 2.32. The summed E-state index contributed by atoms with van der Waals surface area (Å²) in [5.41, 5.74) is -0.472. The molecule has 1 fully saturated rings. The van der Waals surface area contributed by atoms with Crippen LogP contribution in [0, 0.1) is 15.9 Å². The lowest BCUT2D eigenvalue weighted by atomic mass is 10.1. The number of amides is 1. The lowest BCUT2D eigenvalue weighted by Gasteiger charge is -2.23. The number of hydrogen-bond donors (Lipinski definition) is 1. The Morgan fingerprint density at radius 2 is 2.29 bits per heavy atom. The molecular formula is C14H18FN3O3. The molecule has 2 rings (SSSR count). The molecule has 1 aliphatic rings. The van der Waals surface area contributed by atoms with Crippen molar-refractivity contribution in [2.45, 2.75) is 32.2 Å². The molecule has 1 amide bonds. The minimum absolute atomic E-state index is 0.0638. The highest BCUT2D eigenvalue weighted by molar-refractivity contribution is 5.99. The third-order valence-corrected chi connectivity index (χ3v) is 3.89. The van der Waals surface area contributed by atoms with E-state index in [9.17, 15) is 19.3 Å². The van der Waals surface area contributed by atoms with Gasteiger partial charge >= 0.3 is 0 Å². The predicted octanol–water partition coefficient (Wildman–Crippen LogP) is 2.79. The molecule has 0 aromatic heterocycles. The van der Waals surface area contributed by atoms with Crippen molar-refractivity contribution in [3.8, 4) is 0 Å². The van der Waals surface area contributed by atoms with E-state index in [1.54, 1.807) is 4.90 Å². The number of anilines is 1. The van der Waals surface area contributed by atoms with Crippen molar-refractivity contribution >= 4 is 17.3 Å². The molecule has 0 radical (unpaired) electrons. The molecule has 21 heavy (non-hydrogen) atoms. The first-order chi connectivity index (χ1) is 9.99. The van der Waals surface area contributed by atoms with Gasteiger partial charge < -0.3 is 10.2 Å². The lowest BCUT2D eigenvalue weighted by molar-refractivity contribution is -0.385. The van der Waals surface area contributed by atoms with E-state index >= 15 is 0 Å². The highest BCUT2D eigenvalue weighted by atomic mass is 19.1. The molecule has 7 heteroatoms. The van der Waals surface area contributed by atoms with Gasteiger partial charge in [0.15, 0.2) is 5.82 Å². The summed E-state index contributed by atoms with van der Waals surface area (Å²) in [4.78, 5) is 24.6. The van der Waals surface area contributed by atoms with Crippen molar-refractivity contribution in [3.63, 3.8) is 0 Å². The van der Waals surface area contributed by atoms with Crippen LogP contribution in [0.3, 0.4) is 0 Å². The first-order valence-corrected chi connectivity index (χ1v) is 6.96. The van der Waals surface area contributed by atoms with Crippen LogP contribution in [0.4, 0.5) is 15.8 Å². The Labute approximate surface area is 122 Å². The average Bonchev–Trinajstić information content (AvgIpc) is 2.94. The molecule has 1 unspecified atom stereocenters. The Bertz CT molecular complexity index is 577. The number of likely N-dealkylation sites (tertiary alicyclic amines) is 1. The van der Waals surface area contributed by atoms with Crippen LogP contribution in [0.1, 0.15) is 36.5 Å². The van der Waals surface area contributed by atoms with Crippen molar-refractivity contribution < 1.29 is 14.1 Å². The zero-order valence-electron chi connectivity index (χ0n) is 12.1. The number of benzene rings is 1. The standard InChI is InChI=1S/C14H18FN3O3/c1-3-9-5-4-6-17(9)14(19)10-7-12(16-2)11(15)8-13(10)18(20)21/h7-9,16H,3-6H2,1-2H3. The Morgan fingerprint density at radius 1 is 1.57 bits per heavy atom. The molecule has 0 bridgehead atoms. The summed E-state index contributed by atoms with van der Waals surface area (Å²) in [6.07, 6.45) is 2.59. The van der Waals surface area contributed by atoms with Crippen LogP contribution < -0.4 is 5.32 Å². The smallest absolute Gasteiger partial charge is 0.285 e.